The van der Waals surface area contributed by atoms with Crippen LogP contribution < -0.4 is 4.74 Å². The van der Waals surface area contributed by atoms with Gasteiger partial charge in [-0.1, -0.05) is 47.1 Å². The number of aliphatic hydroxyl groups excluding tert-OH is 4. The second-order valence-electron chi connectivity index (χ2n) is 6.91. The molecule has 0 aromatic heterocycles. The van der Waals surface area contributed by atoms with Gasteiger partial charge in [0, 0.05) is 10.9 Å². The number of ether oxygens (including phenoxy) is 1. The molecule has 0 bridgehead atoms. The lowest BCUT2D eigenvalue weighted by Crippen LogP contribution is -2.55. The number of hydrogen-bond acceptors (Lipinski definition) is 6. The fraction of sp³-hybridized carbons (Fsp3) is 0.429. The average molecular weight is 469 g/mol. The van der Waals surface area contributed by atoms with Crippen molar-refractivity contribution in [2.45, 2.75) is 48.8 Å². The van der Waals surface area contributed by atoms with Gasteiger partial charge in [-0.15, -0.1) is 11.8 Å². The van der Waals surface area contributed by atoms with Crippen LogP contribution in [0.3, 0.4) is 0 Å². The van der Waals surface area contributed by atoms with Crippen molar-refractivity contribution >= 4 is 27.7 Å². The largest absolute Gasteiger partial charge is 0.477 e. The van der Waals surface area contributed by atoms with Crippen LogP contribution in [0.25, 0.3) is 0 Å². The molecule has 28 heavy (non-hydrogen) atoms. The molecule has 0 amide bonds. The number of thioether (sulfide) groups is 1. The fourth-order valence-electron chi connectivity index (χ4n) is 3.20. The van der Waals surface area contributed by atoms with E-state index in [1.54, 1.807) is 0 Å². The number of benzene rings is 2. The summed E-state index contributed by atoms with van der Waals surface area (Å²) in [6, 6.07) is 14.0. The molecule has 1 fully saturated rings. The van der Waals surface area contributed by atoms with Crippen molar-refractivity contribution in [1.82, 2.24) is 0 Å². The number of aryl methyl sites for hydroxylation is 1. The van der Waals surface area contributed by atoms with Gasteiger partial charge in [-0.3, -0.25) is 0 Å². The third kappa shape index (κ3) is 4.90. The molecule has 5 atom stereocenters. The standard InChI is InChI=1S/C21H25BrO5S/c1-2-12-3-5-13(6-4-12)9-14-10-15(22)7-8-16(14)27-21-20(26)19(25)18(24)17(11-23)28-21/h3-8,10,17-21,23-26H,2,9,11H2,1H3/t17-,18+,19-,20+,21-/m0/s1. The average Bonchev–Trinajstić information content (AvgIpc) is 2.70. The zero-order valence-electron chi connectivity index (χ0n) is 15.5. The highest BCUT2D eigenvalue weighted by atomic mass is 79.9. The SMILES string of the molecule is CCc1ccc(Cc2cc(Br)ccc2O[C@H]2S[C@@H](CO)[C@@H](O)[C@H](O)[C@H]2O)cc1. The summed E-state index contributed by atoms with van der Waals surface area (Å²) in [5.41, 5.74) is 2.56. The molecule has 2 aromatic carbocycles. The van der Waals surface area contributed by atoms with Crippen LogP contribution in [0.1, 0.15) is 23.6 Å². The van der Waals surface area contributed by atoms with Crippen LogP contribution >= 0.6 is 27.7 Å². The minimum absolute atomic E-state index is 0.313. The van der Waals surface area contributed by atoms with Gasteiger partial charge >= 0.3 is 0 Å². The zero-order valence-corrected chi connectivity index (χ0v) is 17.9. The highest BCUT2D eigenvalue weighted by Crippen LogP contribution is 2.36. The minimum Gasteiger partial charge on any atom is -0.477 e. The fourth-order valence-corrected chi connectivity index (χ4v) is 4.85. The van der Waals surface area contributed by atoms with Crippen LogP contribution in [-0.4, -0.2) is 56.0 Å². The first-order valence-electron chi connectivity index (χ1n) is 9.26. The molecule has 0 aliphatic carbocycles. The molecule has 0 unspecified atom stereocenters. The summed E-state index contributed by atoms with van der Waals surface area (Å²) in [5.74, 6) is 0.597. The second-order valence-corrected chi connectivity index (χ2v) is 9.17. The third-order valence-corrected chi connectivity index (χ3v) is 6.85. The third-order valence-electron chi connectivity index (χ3n) is 4.94. The van der Waals surface area contributed by atoms with Crippen molar-refractivity contribution in [2.24, 2.45) is 0 Å². The van der Waals surface area contributed by atoms with E-state index >= 15 is 0 Å². The van der Waals surface area contributed by atoms with Gasteiger partial charge in [0.05, 0.1) is 18.0 Å². The molecule has 1 saturated heterocycles. The van der Waals surface area contributed by atoms with Gasteiger partial charge in [-0.25, -0.2) is 0 Å². The van der Waals surface area contributed by atoms with Crippen LogP contribution in [-0.2, 0) is 12.8 Å². The van der Waals surface area contributed by atoms with Gasteiger partial charge in [-0.05, 0) is 41.3 Å². The lowest BCUT2D eigenvalue weighted by Gasteiger charge is -2.39. The van der Waals surface area contributed by atoms with Crippen LogP contribution in [0.15, 0.2) is 46.9 Å². The Morgan fingerprint density at radius 1 is 0.964 bits per heavy atom. The molecule has 0 saturated carbocycles. The van der Waals surface area contributed by atoms with E-state index in [9.17, 15) is 20.4 Å². The van der Waals surface area contributed by atoms with Crippen molar-refractivity contribution in [1.29, 1.82) is 0 Å². The first-order chi connectivity index (χ1) is 13.4. The lowest BCUT2D eigenvalue weighted by molar-refractivity contribution is -0.0910. The van der Waals surface area contributed by atoms with Gasteiger partial charge in [0.25, 0.3) is 0 Å². The van der Waals surface area contributed by atoms with Gasteiger partial charge in [0.1, 0.15) is 18.0 Å². The smallest absolute Gasteiger partial charge is 0.173 e. The number of hydrogen-bond donors (Lipinski definition) is 4. The van der Waals surface area contributed by atoms with E-state index in [0.717, 1.165) is 33.8 Å². The molecule has 4 N–H and O–H groups in total. The summed E-state index contributed by atoms with van der Waals surface area (Å²) < 4.78 is 6.95. The van der Waals surface area contributed by atoms with E-state index in [4.69, 9.17) is 4.74 Å². The number of halogens is 1. The molecule has 0 spiro atoms. The molecule has 5 nitrogen and oxygen atoms in total. The molecular weight excluding hydrogens is 444 g/mol. The van der Waals surface area contributed by atoms with Gasteiger partial charge in [0.2, 0.25) is 0 Å². The maximum atomic E-state index is 10.3. The molecule has 1 heterocycles. The van der Waals surface area contributed by atoms with Gasteiger partial charge < -0.3 is 25.2 Å². The van der Waals surface area contributed by atoms with Crippen molar-refractivity contribution in [3.8, 4) is 5.75 Å². The highest BCUT2D eigenvalue weighted by Gasteiger charge is 2.44. The Bertz CT molecular complexity index is 783. The van der Waals surface area contributed by atoms with E-state index in [-0.39, 0.29) is 6.61 Å². The predicted octanol–water partition coefficient (Wildman–Crippen LogP) is 2.50. The van der Waals surface area contributed by atoms with Crippen LogP contribution in [0, 0.1) is 0 Å². The van der Waals surface area contributed by atoms with E-state index in [1.807, 2.05) is 18.2 Å². The Hall–Kier alpha value is -1.09. The molecular formula is C21H25BrO5S. The maximum absolute atomic E-state index is 10.3. The monoisotopic (exact) mass is 468 g/mol. The first kappa shape index (κ1) is 21.6. The Labute approximate surface area is 177 Å². The summed E-state index contributed by atoms with van der Waals surface area (Å²) >= 11 is 4.62. The Morgan fingerprint density at radius 3 is 2.29 bits per heavy atom. The van der Waals surface area contributed by atoms with Gasteiger partial charge in [0.15, 0.2) is 5.44 Å². The predicted molar refractivity (Wildman–Crippen MR) is 114 cm³/mol. The molecule has 3 rings (SSSR count). The maximum Gasteiger partial charge on any atom is 0.173 e. The molecule has 152 valence electrons. The number of aliphatic hydroxyl groups is 4. The van der Waals surface area contributed by atoms with Crippen molar-refractivity contribution < 1.29 is 25.2 Å². The normalized spacial score (nSPS) is 27.6. The van der Waals surface area contributed by atoms with E-state index < -0.39 is 29.0 Å². The summed E-state index contributed by atoms with van der Waals surface area (Å²) in [6.45, 7) is 1.81. The molecule has 1 aliphatic heterocycles. The lowest BCUT2D eigenvalue weighted by atomic mass is 10.0. The summed E-state index contributed by atoms with van der Waals surface area (Å²) in [6.07, 6.45) is -2.19. The van der Waals surface area contributed by atoms with Crippen molar-refractivity contribution in [3.63, 3.8) is 0 Å². The van der Waals surface area contributed by atoms with Crippen LogP contribution in [0.2, 0.25) is 0 Å². The van der Waals surface area contributed by atoms with Crippen LogP contribution in [0.4, 0.5) is 0 Å². The summed E-state index contributed by atoms with van der Waals surface area (Å²) in [4.78, 5) is 0. The van der Waals surface area contributed by atoms with E-state index in [1.165, 1.54) is 5.56 Å². The second kappa shape index (κ2) is 9.61. The quantitative estimate of drug-likeness (QED) is 0.520. The van der Waals surface area contributed by atoms with Crippen LogP contribution in [0.5, 0.6) is 5.75 Å². The highest BCUT2D eigenvalue weighted by molar-refractivity contribution is 9.10. The summed E-state index contributed by atoms with van der Waals surface area (Å²) in [5, 5.41) is 39.2. The molecule has 1 aliphatic rings. The number of rotatable bonds is 6. The first-order valence-corrected chi connectivity index (χ1v) is 11.0. The molecule has 7 heteroatoms. The summed E-state index contributed by atoms with van der Waals surface area (Å²) in [7, 11) is 0. The molecule has 2 aromatic rings. The van der Waals surface area contributed by atoms with Crippen molar-refractivity contribution in [2.75, 3.05) is 6.61 Å². The van der Waals surface area contributed by atoms with Crippen molar-refractivity contribution in [3.05, 3.63) is 63.6 Å². The topological polar surface area (TPSA) is 90.2 Å². The Kier molecular flexibility index (Phi) is 7.42. The Balaban J connectivity index is 1.81. The molecule has 0 radical (unpaired) electrons. The zero-order chi connectivity index (χ0) is 20.3. The van der Waals surface area contributed by atoms with E-state index in [2.05, 4.69) is 47.1 Å². The Morgan fingerprint density at radius 2 is 1.64 bits per heavy atom. The minimum atomic E-state index is -1.37. The van der Waals surface area contributed by atoms with E-state index in [0.29, 0.717) is 12.2 Å². The van der Waals surface area contributed by atoms with Gasteiger partial charge in [-0.2, -0.15) is 0 Å².